The molecular formula is C18H21BrN2O. The third-order valence-corrected chi connectivity index (χ3v) is 4.93. The van der Waals surface area contributed by atoms with Crippen molar-refractivity contribution in [1.29, 1.82) is 0 Å². The highest BCUT2D eigenvalue weighted by Gasteiger charge is 2.33. The Hall–Kier alpha value is -1.23. The lowest BCUT2D eigenvalue weighted by Gasteiger charge is -2.30. The third kappa shape index (κ3) is 3.40. The van der Waals surface area contributed by atoms with Crippen molar-refractivity contribution in [2.24, 2.45) is 0 Å². The fourth-order valence-electron chi connectivity index (χ4n) is 3.08. The summed E-state index contributed by atoms with van der Waals surface area (Å²) in [6.45, 7) is 3.17. The van der Waals surface area contributed by atoms with Crippen LogP contribution in [0.3, 0.4) is 0 Å². The Morgan fingerprint density at radius 2 is 1.82 bits per heavy atom. The number of benzene rings is 1. The van der Waals surface area contributed by atoms with E-state index in [1.165, 1.54) is 12.8 Å². The van der Waals surface area contributed by atoms with Gasteiger partial charge in [0.15, 0.2) is 0 Å². The van der Waals surface area contributed by atoms with Crippen molar-refractivity contribution in [2.75, 3.05) is 19.6 Å². The van der Waals surface area contributed by atoms with Crippen molar-refractivity contribution in [3.05, 3.63) is 64.4 Å². The van der Waals surface area contributed by atoms with Crippen molar-refractivity contribution in [3.8, 4) is 0 Å². The Kier molecular flexibility index (Phi) is 4.91. The summed E-state index contributed by atoms with van der Waals surface area (Å²) in [5, 5.41) is 11.4. The highest BCUT2D eigenvalue weighted by Crippen LogP contribution is 2.33. The van der Waals surface area contributed by atoms with E-state index >= 15 is 0 Å². The summed E-state index contributed by atoms with van der Waals surface area (Å²) < 4.78 is 1.01. The van der Waals surface area contributed by atoms with Gasteiger partial charge in [0.25, 0.3) is 0 Å². The van der Waals surface area contributed by atoms with Crippen LogP contribution in [0.4, 0.5) is 0 Å². The normalized spacial score (nSPS) is 18.3. The van der Waals surface area contributed by atoms with Gasteiger partial charge in [0.05, 0.1) is 5.69 Å². The molecule has 1 fully saturated rings. The lowest BCUT2D eigenvalue weighted by atomic mass is 9.86. The number of hydrogen-bond donors (Lipinski definition) is 1. The van der Waals surface area contributed by atoms with Gasteiger partial charge in [0.2, 0.25) is 0 Å². The highest BCUT2D eigenvalue weighted by atomic mass is 79.9. The number of hydrogen-bond acceptors (Lipinski definition) is 3. The van der Waals surface area contributed by atoms with E-state index < -0.39 is 5.60 Å². The fraction of sp³-hybridized carbons (Fsp3) is 0.389. The van der Waals surface area contributed by atoms with Gasteiger partial charge in [-0.15, -0.1) is 0 Å². The second-order valence-electron chi connectivity index (χ2n) is 5.88. The summed E-state index contributed by atoms with van der Waals surface area (Å²) in [4.78, 5) is 6.84. The molecule has 1 aliphatic rings. The van der Waals surface area contributed by atoms with E-state index in [1.54, 1.807) is 6.20 Å². The molecule has 22 heavy (non-hydrogen) atoms. The predicted octanol–water partition coefficient (Wildman–Crippen LogP) is 3.57. The molecule has 3 rings (SSSR count). The maximum absolute atomic E-state index is 11.4. The van der Waals surface area contributed by atoms with Crippen LogP contribution >= 0.6 is 15.9 Å². The second-order valence-corrected chi connectivity index (χ2v) is 6.80. The van der Waals surface area contributed by atoms with E-state index in [9.17, 15) is 5.11 Å². The first-order chi connectivity index (χ1) is 10.7. The van der Waals surface area contributed by atoms with Gasteiger partial charge in [-0.2, -0.15) is 0 Å². The number of rotatable bonds is 5. The maximum atomic E-state index is 11.4. The third-order valence-electron chi connectivity index (χ3n) is 4.40. The molecule has 1 unspecified atom stereocenters. The molecule has 3 nitrogen and oxygen atoms in total. The van der Waals surface area contributed by atoms with Crippen molar-refractivity contribution in [2.45, 2.75) is 24.9 Å². The average molecular weight is 361 g/mol. The highest BCUT2D eigenvalue weighted by molar-refractivity contribution is 9.10. The maximum Gasteiger partial charge on any atom is 0.133 e. The first-order valence-corrected chi connectivity index (χ1v) is 8.60. The molecule has 116 valence electrons. The molecule has 0 aliphatic carbocycles. The minimum atomic E-state index is -1.04. The summed E-state index contributed by atoms with van der Waals surface area (Å²) in [5.41, 5.74) is 0.579. The molecule has 0 spiro atoms. The molecule has 1 aromatic heterocycles. The molecule has 1 atom stereocenters. The van der Waals surface area contributed by atoms with Crippen molar-refractivity contribution < 1.29 is 5.11 Å². The van der Waals surface area contributed by atoms with Gasteiger partial charge in [0, 0.05) is 17.2 Å². The van der Waals surface area contributed by atoms with Gasteiger partial charge in [0.1, 0.15) is 5.60 Å². The van der Waals surface area contributed by atoms with Gasteiger partial charge in [-0.05, 0) is 62.2 Å². The minimum absolute atomic E-state index is 0.658. The zero-order valence-corrected chi connectivity index (χ0v) is 14.2. The number of halogens is 1. The Morgan fingerprint density at radius 1 is 1.09 bits per heavy atom. The minimum Gasteiger partial charge on any atom is -0.379 e. The van der Waals surface area contributed by atoms with Gasteiger partial charge in [-0.25, -0.2) is 0 Å². The lowest BCUT2D eigenvalue weighted by Crippen LogP contribution is -2.34. The Bertz CT molecular complexity index is 596. The summed E-state index contributed by atoms with van der Waals surface area (Å²) in [5.74, 6) is 0. The van der Waals surface area contributed by atoms with Crippen LogP contribution in [-0.4, -0.2) is 34.6 Å². The Labute approximate surface area is 140 Å². The molecule has 0 amide bonds. The molecule has 4 heteroatoms. The zero-order chi connectivity index (χ0) is 15.4. The van der Waals surface area contributed by atoms with Crippen molar-refractivity contribution in [3.63, 3.8) is 0 Å². The van der Waals surface area contributed by atoms with Gasteiger partial charge >= 0.3 is 0 Å². The van der Waals surface area contributed by atoms with Gasteiger partial charge < -0.3 is 10.0 Å². The molecule has 1 aromatic carbocycles. The standard InChI is InChI=1S/C18H21BrN2O/c19-16-8-6-15(7-9-16)18(22,17-5-1-2-11-20-17)10-14-21-12-3-4-13-21/h1-2,5-9,11,22H,3-4,10,12-14H2. The molecule has 0 radical (unpaired) electrons. The molecule has 1 aliphatic heterocycles. The van der Waals surface area contributed by atoms with Crippen LogP contribution in [-0.2, 0) is 5.60 Å². The Balaban J connectivity index is 1.88. The van der Waals surface area contributed by atoms with Crippen LogP contribution in [0.1, 0.15) is 30.5 Å². The number of likely N-dealkylation sites (tertiary alicyclic amines) is 1. The molecule has 0 bridgehead atoms. The van der Waals surface area contributed by atoms with Crippen molar-refractivity contribution in [1.82, 2.24) is 9.88 Å². The van der Waals surface area contributed by atoms with E-state index in [0.717, 1.165) is 35.4 Å². The molecular weight excluding hydrogens is 340 g/mol. The van der Waals surface area contributed by atoms with E-state index in [2.05, 4.69) is 25.8 Å². The second kappa shape index (κ2) is 6.90. The van der Waals surface area contributed by atoms with E-state index in [0.29, 0.717) is 6.42 Å². The summed E-state index contributed by atoms with van der Waals surface area (Å²) >= 11 is 3.46. The molecule has 1 N–H and O–H groups in total. The zero-order valence-electron chi connectivity index (χ0n) is 12.6. The molecule has 2 heterocycles. The summed E-state index contributed by atoms with van der Waals surface area (Å²) in [7, 11) is 0. The van der Waals surface area contributed by atoms with Gasteiger partial charge in [-0.3, -0.25) is 4.98 Å². The van der Waals surface area contributed by atoms with Crippen LogP contribution in [0.2, 0.25) is 0 Å². The SMILES string of the molecule is OC(CCN1CCCC1)(c1ccc(Br)cc1)c1ccccn1. The lowest BCUT2D eigenvalue weighted by molar-refractivity contribution is 0.0560. The van der Waals surface area contributed by atoms with E-state index in [4.69, 9.17) is 0 Å². The number of nitrogens with zero attached hydrogens (tertiary/aromatic N) is 2. The summed E-state index contributed by atoms with van der Waals surface area (Å²) in [6, 6.07) is 13.6. The average Bonchev–Trinajstić information content (AvgIpc) is 3.08. The van der Waals surface area contributed by atoms with Gasteiger partial charge in [-0.1, -0.05) is 34.1 Å². The van der Waals surface area contributed by atoms with E-state index in [1.807, 2.05) is 42.5 Å². The number of pyridine rings is 1. The Morgan fingerprint density at radius 3 is 2.45 bits per heavy atom. The quantitative estimate of drug-likeness (QED) is 0.885. The van der Waals surface area contributed by atoms with Crippen LogP contribution in [0.5, 0.6) is 0 Å². The monoisotopic (exact) mass is 360 g/mol. The molecule has 1 saturated heterocycles. The van der Waals surface area contributed by atoms with Crippen LogP contribution in [0.25, 0.3) is 0 Å². The fourth-order valence-corrected chi connectivity index (χ4v) is 3.34. The summed E-state index contributed by atoms with van der Waals surface area (Å²) in [6.07, 6.45) is 4.93. The van der Waals surface area contributed by atoms with E-state index in [-0.39, 0.29) is 0 Å². The molecule has 0 saturated carbocycles. The predicted molar refractivity (Wildman–Crippen MR) is 91.7 cm³/mol. The number of aromatic nitrogens is 1. The topological polar surface area (TPSA) is 36.4 Å². The van der Waals surface area contributed by atoms with Crippen LogP contribution in [0, 0.1) is 0 Å². The van der Waals surface area contributed by atoms with Crippen LogP contribution < -0.4 is 0 Å². The first kappa shape index (κ1) is 15.7. The molecule has 2 aromatic rings. The first-order valence-electron chi connectivity index (χ1n) is 7.81. The van der Waals surface area contributed by atoms with Crippen LogP contribution in [0.15, 0.2) is 53.1 Å². The van der Waals surface area contributed by atoms with Crippen molar-refractivity contribution >= 4 is 15.9 Å². The number of aliphatic hydroxyl groups is 1. The smallest absolute Gasteiger partial charge is 0.133 e. The largest absolute Gasteiger partial charge is 0.379 e.